The molecule has 0 radical (unpaired) electrons. The molecule has 1 aliphatic heterocycles. The van der Waals surface area contributed by atoms with E-state index in [1.54, 1.807) is 28.0 Å². The number of anilines is 3. The second kappa shape index (κ2) is 12.9. The third kappa shape index (κ3) is 6.07. The molecule has 11 heteroatoms. The number of hydrazone groups is 1. The highest BCUT2D eigenvalue weighted by molar-refractivity contribution is 6.43. The van der Waals surface area contributed by atoms with Gasteiger partial charge in [0, 0.05) is 55.7 Å². The van der Waals surface area contributed by atoms with E-state index in [9.17, 15) is 9.59 Å². The van der Waals surface area contributed by atoms with E-state index in [0.29, 0.717) is 22.8 Å². The van der Waals surface area contributed by atoms with Crippen LogP contribution in [-0.4, -0.2) is 47.4 Å². The fourth-order valence-corrected chi connectivity index (χ4v) is 6.73. The monoisotopic (exact) mass is 664 g/mol. The van der Waals surface area contributed by atoms with Gasteiger partial charge in [-0.15, -0.1) is 0 Å². The molecule has 0 saturated heterocycles. The lowest BCUT2D eigenvalue weighted by Gasteiger charge is -2.36. The van der Waals surface area contributed by atoms with E-state index >= 15 is 0 Å². The Hall–Kier alpha value is -3.85. The summed E-state index contributed by atoms with van der Waals surface area (Å²) >= 11 is 19.5. The summed E-state index contributed by atoms with van der Waals surface area (Å²) in [6.07, 6.45) is 3.63. The highest BCUT2D eigenvalue weighted by atomic mass is 35.5. The van der Waals surface area contributed by atoms with Crippen molar-refractivity contribution >= 4 is 69.4 Å². The number of hydrogen-bond acceptors (Lipinski definition) is 5. The van der Waals surface area contributed by atoms with Crippen LogP contribution >= 0.6 is 34.8 Å². The predicted octanol–water partition coefficient (Wildman–Crippen LogP) is 7.62. The maximum absolute atomic E-state index is 15.0. The lowest BCUT2D eigenvalue weighted by molar-refractivity contribution is -0.123. The molecule has 1 atom stereocenters. The zero-order chi connectivity index (χ0) is 32.6. The number of aromatic nitrogens is 2. The summed E-state index contributed by atoms with van der Waals surface area (Å²) in [5.41, 5.74) is 4.90. The number of aryl methyl sites for hydroxylation is 3. The number of carbonyl (C=O) groups excluding carboxylic acids is 2. The van der Waals surface area contributed by atoms with Gasteiger partial charge in [0.2, 0.25) is 11.4 Å². The zero-order valence-corrected chi connectivity index (χ0v) is 28.4. The van der Waals surface area contributed by atoms with Crippen LogP contribution in [0.3, 0.4) is 0 Å². The molecule has 0 aliphatic carbocycles. The molecule has 8 nitrogen and oxygen atoms in total. The smallest absolute Gasteiger partial charge is 0.283 e. The van der Waals surface area contributed by atoms with Crippen LogP contribution in [0.1, 0.15) is 36.1 Å². The lowest BCUT2D eigenvalue weighted by atomic mass is 9.86. The molecule has 1 aliphatic rings. The van der Waals surface area contributed by atoms with E-state index in [2.05, 4.69) is 23.0 Å². The standard InChI is InChI=1S/C34H35Cl3N6O2/c1-7-40(6)27-11-12-30(23(4)16-27)41(24(5)44)20-34(42-14-8-13-38-42)31(17-25-10-9-21(2)15-22(25)3)39-43(33(34)45)32-28(36)18-26(35)19-29(32)37/h8-16,18-19H,7,17,20H2,1-6H3. The van der Waals surface area contributed by atoms with Crippen LogP contribution in [0, 0.1) is 20.8 Å². The number of benzene rings is 3. The highest BCUT2D eigenvalue weighted by Crippen LogP contribution is 2.43. The van der Waals surface area contributed by atoms with Crippen molar-refractivity contribution in [3.05, 3.63) is 104 Å². The Balaban J connectivity index is 1.72. The van der Waals surface area contributed by atoms with Crippen LogP contribution in [0.5, 0.6) is 0 Å². The van der Waals surface area contributed by atoms with Crippen LogP contribution in [0.4, 0.5) is 17.1 Å². The van der Waals surface area contributed by atoms with Crippen LogP contribution in [0.15, 0.2) is 72.1 Å². The fraction of sp³-hybridized carbons (Fsp3) is 0.294. The molecular formula is C34H35Cl3N6O2. The van der Waals surface area contributed by atoms with Crippen molar-refractivity contribution in [2.75, 3.05) is 34.9 Å². The van der Waals surface area contributed by atoms with Gasteiger partial charge >= 0.3 is 0 Å². The second-order valence-corrected chi connectivity index (χ2v) is 12.6. The third-order valence-electron chi connectivity index (χ3n) is 8.34. The zero-order valence-electron chi connectivity index (χ0n) is 26.1. The molecule has 234 valence electrons. The molecule has 3 aromatic carbocycles. The molecule has 0 N–H and O–H groups in total. The molecule has 1 aromatic heterocycles. The summed E-state index contributed by atoms with van der Waals surface area (Å²) in [6, 6.07) is 16.9. The average Bonchev–Trinajstić information content (AvgIpc) is 3.60. The molecule has 4 aromatic rings. The van der Waals surface area contributed by atoms with Crippen LogP contribution in [0.2, 0.25) is 15.1 Å². The van der Waals surface area contributed by atoms with Gasteiger partial charge in [0.25, 0.3) is 5.91 Å². The SMILES string of the molecule is CCN(C)c1ccc(N(CC2(n3cccn3)C(=O)N(c3c(Cl)cc(Cl)cc3Cl)N=C2Cc2ccc(C)cc2C)C(C)=O)c(C)c1. The Morgan fingerprint density at radius 1 is 0.978 bits per heavy atom. The van der Waals surface area contributed by atoms with E-state index in [0.717, 1.165) is 34.5 Å². The van der Waals surface area contributed by atoms with E-state index < -0.39 is 11.4 Å². The van der Waals surface area contributed by atoms with Crippen molar-refractivity contribution < 1.29 is 9.59 Å². The average molecular weight is 666 g/mol. The molecule has 0 saturated carbocycles. The van der Waals surface area contributed by atoms with E-state index in [1.165, 1.54) is 24.1 Å². The molecule has 2 heterocycles. The molecule has 0 bridgehead atoms. The van der Waals surface area contributed by atoms with Crippen LogP contribution in [-0.2, 0) is 21.5 Å². The summed E-state index contributed by atoms with van der Waals surface area (Å²) < 4.78 is 1.58. The molecule has 1 unspecified atom stereocenters. The van der Waals surface area contributed by atoms with Gasteiger partial charge in [0.1, 0.15) is 5.69 Å². The van der Waals surface area contributed by atoms with Crippen molar-refractivity contribution in [1.82, 2.24) is 9.78 Å². The molecule has 0 spiro atoms. The number of carbonyl (C=O) groups is 2. The number of rotatable bonds is 9. The highest BCUT2D eigenvalue weighted by Gasteiger charge is 2.56. The summed E-state index contributed by atoms with van der Waals surface area (Å²) in [5, 5.41) is 11.4. The second-order valence-electron chi connectivity index (χ2n) is 11.4. The Bertz CT molecular complexity index is 1780. The van der Waals surface area contributed by atoms with Gasteiger partial charge < -0.3 is 9.80 Å². The maximum Gasteiger partial charge on any atom is 0.283 e. The van der Waals surface area contributed by atoms with Crippen molar-refractivity contribution in [2.24, 2.45) is 5.10 Å². The first-order valence-corrected chi connectivity index (χ1v) is 15.7. The summed E-state index contributed by atoms with van der Waals surface area (Å²) in [5.74, 6) is -0.691. The van der Waals surface area contributed by atoms with Gasteiger partial charge in [-0.3, -0.25) is 9.59 Å². The van der Waals surface area contributed by atoms with Crippen molar-refractivity contribution in [1.29, 1.82) is 0 Å². The van der Waals surface area contributed by atoms with Crippen LogP contribution in [0.25, 0.3) is 0 Å². The summed E-state index contributed by atoms with van der Waals surface area (Å²) in [4.78, 5) is 32.2. The third-order valence-corrected chi connectivity index (χ3v) is 9.14. The van der Waals surface area contributed by atoms with E-state index in [4.69, 9.17) is 39.9 Å². The van der Waals surface area contributed by atoms with Gasteiger partial charge in [-0.05, 0) is 80.8 Å². The molecule has 0 fully saturated rings. The molecule has 45 heavy (non-hydrogen) atoms. The van der Waals surface area contributed by atoms with Crippen LogP contribution < -0.4 is 14.8 Å². The first-order valence-electron chi connectivity index (χ1n) is 14.6. The molecule has 5 rings (SSSR count). The maximum atomic E-state index is 15.0. The summed E-state index contributed by atoms with van der Waals surface area (Å²) in [6.45, 7) is 10.3. The lowest BCUT2D eigenvalue weighted by Crippen LogP contribution is -2.58. The largest absolute Gasteiger partial charge is 0.375 e. The Morgan fingerprint density at radius 3 is 2.27 bits per heavy atom. The Morgan fingerprint density at radius 2 is 1.69 bits per heavy atom. The normalized spacial score (nSPS) is 16.2. The number of hydrogen-bond donors (Lipinski definition) is 0. The minimum Gasteiger partial charge on any atom is -0.375 e. The van der Waals surface area contributed by atoms with Gasteiger partial charge in [0.15, 0.2) is 0 Å². The Labute approximate surface area is 278 Å². The fourth-order valence-electron chi connectivity index (χ4n) is 5.76. The Kier molecular flexibility index (Phi) is 9.31. The number of amides is 2. The molecule has 2 amide bonds. The first-order chi connectivity index (χ1) is 21.4. The minimum absolute atomic E-state index is 0.0737. The van der Waals surface area contributed by atoms with Gasteiger partial charge in [-0.2, -0.15) is 15.2 Å². The van der Waals surface area contributed by atoms with Gasteiger partial charge in [-0.25, -0.2) is 4.68 Å². The summed E-state index contributed by atoms with van der Waals surface area (Å²) in [7, 11) is 2.01. The topological polar surface area (TPSA) is 74.0 Å². The molecular weight excluding hydrogens is 631 g/mol. The number of nitrogens with zero attached hydrogens (tertiary/aromatic N) is 6. The van der Waals surface area contributed by atoms with Gasteiger partial charge in [-0.1, -0.05) is 58.6 Å². The quantitative estimate of drug-likeness (QED) is 0.184. The van der Waals surface area contributed by atoms with E-state index in [1.807, 2.05) is 58.2 Å². The van der Waals surface area contributed by atoms with E-state index in [-0.39, 0.29) is 28.2 Å². The minimum atomic E-state index is -1.54. The van der Waals surface area contributed by atoms with Crippen molar-refractivity contribution in [3.63, 3.8) is 0 Å². The van der Waals surface area contributed by atoms with Gasteiger partial charge in [0.05, 0.1) is 22.3 Å². The van der Waals surface area contributed by atoms with Crippen molar-refractivity contribution in [3.8, 4) is 0 Å². The number of halogens is 3. The predicted molar refractivity (Wildman–Crippen MR) is 184 cm³/mol. The van der Waals surface area contributed by atoms with Crippen molar-refractivity contribution in [2.45, 2.75) is 46.6 Å². The first kappa shape index (κ1) is 32.5.